The van der Waals surface area contributed by atoms with Crippen LogP contribution < -0.4 is 10.1 Å². The van der Waals surface area contributed by atoms with E-state index in [0.29, 0.717) is 18.6 Å². The van der Waals surface area contributed by atoms with Crippen LogP contribution in [-0.2, 0) is 30.7 Å². The summed E-state index contributed by atoms with van der Waals surface area (Å²) in [5, 5.41) is 14.1. The summed E-state index contributed by atoms with van der Waals surface area (Å²) in [7, 11) is -2.42. The van der Waals surface area contributed by atoms with Crippen LogP contribution in [0.1, 0.15) is 32.3 Å². The summed E-state index contributed by atoms with van der Waals surface area (Å²) in [5.74, 6) is 0.543. The van der Waals surface area contributed by atoms with Gasteiger partial charge < -0.3 is 29.4 Å². The molecule has 5 atom stereocenters. The molecule has 2 unspecified atom stereocenters. The molecule has 10 nitrogen and oxygen atoms in total. The van der Waals surface area contributed by atoms with Gasteiger partial charge in [-0.25, -0.2) is 13.2 Å². The number of aliphatic hydroxyl groups excluding tert-OH is 1. The zero-order valence-electron chi connectivity index (χ0n) is 22.6. The van der Waals surface area contributed by atoms with Crippen molar-refractivity contribution < 1.29 is 37.3 Å². The van der Waals surface area contributed by atoms with Crippen LogP contribution in [0.4, 0.5) is 4.79 Å². The fourth-order valence-electron chi connectivity index (χ4n) is 4.98. The lowest BCUT2D eigenvalue weighted by Crippen LogP contribution is -2.51. The van der Waals surface area contributed by atoms with Crippen LogP contribution >= 0.6 is 0 Å². The normalized spacial score (nSPS) is 22.5. The lowest BCUT2D eigenvalue weighted by molar-refractivity contribution is 0.00201. The maximum atomic E-state index is 13.6. The van der Waals surface area contributed by atoms with Gasteiger partial charge in [0, 0.05) is 25.9 Å². The third-order valence-corrected chi connectivity index (χ3v) is 8.81. The van der Waals surface area contributed by atoms with Gasteiger partial charge in [0.1, 0.15) is 18.6 Å². The fourth-order valence-corrected chi connectivity index (χ4v) is 6.60. The summed E-state index contributed by atoms with van der Waals surface area (Å²) in [6, 6.07) is 14.7. The van der Waals surface area contributed by atoms with Gasteiger partial charge in [-0.2, -0.15) is 4.31 Å². The minimum Gasteiger partial charge on any atom is -0.497 e. The molecule has 4 rings (SSSR count). The molecular formula is C28H38N2O8S. The molecule has 2 aliphatic rings. The second-order valence-corrected chi connectivity index (χ2v) is 12.4. The molecule has 1 saturated heterocycles. The lowest BCUT2D eigenvalue weighted by atomic mass is 10.0. The number of sulfonamides is 1. The molecular weight excluding hydrogens is 524 g/mol. The van der Waals surface area contributed by atoms with E-state index in [1.165, 1.54) is 23.5 Å². The van der Waals surface area contributed by atoms with Crippen molar-refractivity contribution in [3.8, 4) is 5.75 Å². The molecule has 11 heteroatoms. The van der Waals surface area contributed by atoms with E-state index in [4.69, 9.17) is 18.9 Å². The number of carbonyl (C=O) groups is 1. The molecule has 0 bridgehead atoms. The Kier molecular flexibility index (Phi) is 9.84. The Morgan fingerprint density at radius 2 is 1.69 bits per heavy atom. The summed E-state index contributed by atoms with van der Waals surface area (Å²) in [5.41, 5.74) is 0.882. The van der Waals surface area contributed by atoms with Gasteiger partial charge >= 0.3 is 6.09 Å². The molecule has 2 fully saturated rings. The number of aliphatic hydroxyl groups is 1. The molecule has 1 saturated carbocycles. The van der Waals surface area contributed by atoms with Crippen LogP contribution in [0, 0.1) is 5.92 Å². The van der Waals surface area contributed by atoms with Crippen molar-refractivity contribution in [2.75, 3.05) is 27.0 Å². The Bertz CT molecular complexity index is 1160. The molecule has 2 aromatic rings. The molecule has 1 aliphatic heterocycles. The van der Waals surface area contributed by atoms with Gasteiger partial charge in [-0.3, -0.25) is 0 Å². The van der Waals surface area contributed by atoms with E-state index in [1.54, 1.807) is 12.1 Å². The number of hydrogen-bond acceptors (Lipinski definition) is 8. The van der Waals surface area contributed by atoms with Gasteiger partial charge in [0.05, 0.1) is 36.4 Å². The van der Waals surface area contributed by atoms with Gasteiger partial charge in [0.15, 0.2) is 0 Å². The summed E-state index contributed by atoms with van der Waals surface area (Å²) < 4.78 is 50.2. The highest BCUT2D eigenvalue weighted by Gasteiger charge is 2.42. The first-order chi connectivity index (χ1) is 18.7. The molecule has 0 radical (unpaired) electrons. The van der Waals surface area contributed by atoms with Crippen molar-refractivity contribution in [1.82, 2.24) is 9.62 Å². The van der Waals surface area contributed by atoms with E-state index in [2.05, 4.69) is 5.32 Å². The zero-order valence-corrected chi connectivity index (χ0v) is 23.4. The molecule has 0 aromatic heterocycles. The number of carbonyl (C=O) groups excluding carboxylic acids is 1. The van der Waals surface area contributed by atoms with E-state index in [-0.39, 0.29) is 55.4 Å². The monoisotopic (exact) mass is 562 g/mol. The number of methoxy groups -OCH3 is 1. The Morgan fingerprint density at radius 1 is 1.05 bits per heavy atom. The number of hydrogen-bond donors (Lipinski definition) is 2. The predicted octanol–water partition coefficient (Wildman–Crippen LogP) is 2.94. The Balaban J connectivity index is 1.49. The zero-order chi connectivity index (χ0) is 28.0. The summed E-state index contributed by atoms with van der Waals surface area (Å²) in [6.07, 6.45) is -1.02. The van der Waals surface area contributed by atoms with Crippen LogP contribution in [-0.4, -0.2) is 81.4 Å². The molecule has 2 N–H and O–H groups in total. The van der Waals surface area contributed by atoms with Crippen molar-refractivity contribution in [1.29, 1.82) is 0 Å². The number of rotatable bonds is 12. The number of fused-ring (bicyclic) bond motifs is 1. The number of alkyl carbamates (subject to hydrolysis) is 1. The van der Waals surface area contributed by atoms with Crippen LogP contribution in [0.25, 0.3) is 0 Å². The smallest absolute Gasteiger partial charge is 0.407 e. The SMILES string of the molecule is COc1ccc(S(=O)(=O)N(CC(C)C)C[C@@H](O)C(Cc2ccccc2)NC(=O)OC2C[C@@H]3OCO[C@@H]3C2)cc1. The van der Waals surface area contributed by atoms with Crippen molar-refractivity contribution in [3.63, 3.8) is 0 Å². The summed E-state index contributed by atoms with van der Waals surface area (Å²) in [4.78, 5) is 13.0. The average molecular weight is 563 g/mol. The standard InChI is InChI=1S/C28H38N2O8S/c1-19(2)16-30(39(33,34)23-11-9-21(35-3)10-12-23)17-25(31)24(13-20-7-5-4-6-8-20)29-28(32)38-22-14-26-27(15-22)37-18-36-26/h4-12,19,22,24-27,31H,13-18H2,1-3H3,(H,29,32)/t22?,24?,25-,26-,27+/m1/s1. The maximum absolute atomic E-state index is 13.6. The molecule has 39 heavy (non-hydrogen) atoms. The summed E-state index contributed by atoms with van der Waals surface area (Å²) >= 11 is 0. The number of nitrogens with one attached hydrogen (secondary N) is 1. The first kappa shape index (κ1) is 29.3. The van der Waals surface area contributed by atoms with Gasteiger partial charge in [-0.15, -0.1) is 0 Å². The van der Waals surface area contributed by atoms with E-state index in [9.17, 15) is 18.3 Å². The highest BCUT2D eigenvalue weighted by atomic mass is 32.2. The van der Waals surface area contributed by atoms with Crippen LogP contribution in [0.3, 0.4) is 0 Å². The highest BCUT2D eigenvalue weighted by molar-refractivity contribution is 7.89. The summed E-state index contributed by atoms with van der Waals surface area (Å²) in [6.45, 7) is 4.05. The molecule has 0 spiro atoms. The quantitative estimate of drug-likeness (QED) is 0.405. The van der Waals surface area contributed by atoms with Crippen LogP contribution in [0.2, 0.25) is 0 Å². The van der Waals surface area contributed by atoms with Gasteiger partial charge in [-0.1, -0.05) is 44.2 Å². The minimum absolute atomic E-state index is 0.00183. The molecule has 1 aliphatic carbocycles. The predicted molar refractivity (Wildman–Crippen MR) is 144 cm³/mol. The van der Waals surface area contributed by atoms with Crippen molar-refractivity contribution in [2.45, 2.75) is 68.5 Å². The fraction of sp³-hybridized carbons (Fsp3) is 0.536. The first-order valence-corrected chi connectivity index (χ1v) is 14.7. The second kappa shape index (κ2) is 13.1. The van der Waals surface area contributed by atoms with Gasteiger partial charge in [-0.05, 0) is 42.2 Å². The van der Waals surface area contributed by atoms with E-state index in [0.717, 1.165) is 5.56 Å². The maximum Gasteiger partial charge on any atom is 0.407 e. The molecule has 214 valence electrons. The highest BCUT2D eigenvalue weighted by Crippen LogP contribution is 2.31. The largest absolute Gasteiger partial charge is 0.497 e. The Labute approximate surface area is 230 Å². The van der Waals surface area contributed by atoms with Gasteiger partial charge in [0.2, 0.25) is 10.0 Å². The van der Waals surface area contributed by atoms with E-state index >= 15 is 0 Å². The Hall–Kier alpha value is -2.70. The van der Waals surface area contributed by atoms with Crippen LogP contribution in [0.5, 0.6) is 5.75 Å². The van der Waals surface area contributed by atoms with Gasteiger partial charge in [0.25, 0.3) is 0 Å². The molecule has 1 amide bonds. The van der Waals surface area contributed by atoms with E-state index in [1.807, 2.05) is 44.2 Å². The lowest BCUT2D eigenvalue weighted by Gasteiger charge is -2.31. The third-order valence-electron chi connectivity index (χ3n) is 6.97. The number of amides is 1. The first-order valence-electron chi connectivity index (χ1n) is 13.2. The average Bonchev–Trinajstić information content (AvgIpc) is 3.50. The van der Waals surface area contributed by atoms with Crippen molar-refractivity contribution in [3.05, 3.63) is 60.2 Å². The Morgan fingerprint density at radius 3 is 2.28 bits per heavy atom. The third kappa shape index (κ3) is 7.70. The molecule has 2 aromatic carbocycles. The molecule has 1 heterocycles. The number of ether oxygens (including phenoxy) is 4. The number of nitrogens with zero attached hydrogens (tertiary/aromatic N) is 1. The number of benzene rings is 2. The topological polar surface area (TPSA) is 124 Å². The van der Waals surface area contributed by atoms with Crippen molar-refractivity contribution >= 4 is 16.1 Å². The second-order valence-electron chi connectivity index (χ2n) is 10.4. The van der Waals surface area contributed by atoms with Crippen LogP contribution in [0.15, 0.2) is 59.5 Å². The minimum atomic E-state index is -3.93. The van der Waals surface area contributed by atoms with Crippen molar-refractivity contribution in [2.24, 2.45) is 5.92 Å². The van der Waals surface area contributed by atoms with E-state index < -0.39 is 28.3 Å².